The van der Waals surface area contributed by atoms with E-state index in [1.165, 1.54) is 12.8 Å². The molecule has 65 valence electrons. The van der Waals surface area contributed by atoms with Crippen molar-refractivity contribution in [2.24, 2.45) is 5.92 Å². The fraction of sp³-hybridized carbons (Fsp3) is 0.889. The Bertz CT molecular complexity index is 99.7. The summed E-state index contributed by atoms with van der Waals surface area (Å²) in [6.45, 7) is 8.63. The van der Waals surface area contributed by atoms with E-state index < -0.39 is 0 Å². The van der Waals surface area contributed by atoms with Crippen molar-refractivity contribution in [2.45, 2.75) is 33.6 Å². The Morgan fingerprint density at radius 2 is 1.82 bits per heavy atom. The molecule has 0 aliphatic carbocycles. The number of hydrogen-bond donors (Lipinski definition) is 0. The molecule has 0 aromatic heterocycles. The first kappa shape index (κ1) is 10.9. The van der Waals surface area contributed by atoms with Crippen LogP contribution in [0.5, 0.6) is 0 Å². The highest BCUT2D eigenvalue weighted by atomic mass is 32.1. The summed E-state index contributed by atoms with van der Waals surface area (Å²) in [5.74, 6) is 0.783. The van der Waals surface area contributed by atoms with Gasteiger partial charge in [0, 0.05) is 13.1 Å². The number of rotatable bonds is 6. The molecular formula is C9H18NS. The third-order valence-corrected chi connectivity index (χ3v) is 2.40. The van der Waals surface area contributed by atoms with Crippen molar-refractivity contribution in [3.05, 3.63) is 0 Å². The molecular weight excluding hydrogens is 154 g/mol. The predicted molar refractivity (Wildman–Crippen MR) is 53.9 cm³/mol. The fourth-order valence-corrected chi connectivity index (χ4v) is 1.29. The van der Waals surface area contributed by atoms with Gasteiger partial charge in [-0.1, -0.05) is 38.9 Å². The minimum absolute atomic E-state index is 0.783. The summed E-state index contributed by atoms with van der Waals surface area (Å²) in [5.41, 5.74) is 2.77. The standard InChI is InChI=1S/C9H18NS/c1-4-9(5-2)7-10(6-3)8-11/h9H,4-7H2,1-3H3. The molecule has 0 unspecified atom stereocenters. The van der Waals surface area contributed by atoms with E-state index in [0.29, 0.717) is 0 Å². The lowest BCUT2D eigenvalue weighted by molar-refractivity contribution is 0.345. The molecule has 0 amide bonds. The molecule has 0 aromatic carbocycles. The summed E-state index contributed by atoms with van der Waals surface area (Å²) in [7, 11) is 0. The Kier molecular flexibility index (Phi) is 6.52. The fourth-order valence-electron chi connectivity index (χ4n) is 1.09. The van der Waals surface area contributed by atoms with Crippen LogP contribution in [-0.4, -0.2) is 23.5 Å². The van der Waals surface area contributed by atoms with Gasteiger partial charge in [0.05, 0.1) is 0 Å². The summed E-state index contributed by atoms with van der Waals surface area (Å²) < 4.78 is 0. The Labute approximate surface area is 75.8 Å². The van der Waals surface area contributed by atoms with Crippen molar-refractivity contribution >= 4 is 17.7 Å². The van der Waals surface area contributed by atoms with Gasteiger partial charge in [0.1, 0.15) is 5.49 Å². The van der Waals surface area contributed by atoms with Crippen LogP contribution in [0.25, 0.3) is 0 Å². The quantitative estimate of drug-likeness (QED) is 0.447. The van der Waals surface area contributed by atoms with Crippen molar-refractivity contribution < 1.29 is 0 Å². The Balaban J connectivity index is 3.67. The summed E-state index contributed by atoms with van der Waals surface area (Å²) in [5, 5.41) is 0. The first-order valence-corrected chi connectivity index (χ1v) is 4.81. The maximum absolute atomic E-state index is 4.76. The molecule has 0 bridgehead atoms. The summed E-state index contributed by atoms with van der Waals surface area (Å²) in [6.07, 6.45) is 2.48. The van der Waals surface area contributed by atoms with Crippen LogP contribution in [0.4, 0.5) is 0 Å². The minimum Gasteiger partial charge on any atom is -0.360 e. The van der Waals surface area contributed by atoms with Crippen molar-refractivity contribution in [3.63, 3.8) is 0 Å². The SMILES string of the molecule is CCC(CC)CN([C]=S)CC. The van der Waals surface area contributed by atoms with Crippen molar-refractivity contribution in [1.29, 1.82) is 0 Å². The third kappa shape index (κ3) is 4.35. The topological polar surface area (TPSA) is 3.24 Å². The van der Waals surface area contributed by atoms with Crippen molar-refractivity contribution in [2.75, 3.05) is 13.1 Å². The van der Waals surface area contributed by atoms with Gasteiger partial charge in [-0.15, -0.1) is 0 Å². The highest BCUT2D eigenvalue weighted by Gasteiger charge is 2.06. The largest absolute Gasteiger partial charge is 0.360 e. The predicted octanol–water partition coefficient (Wildman–Crippen LogP) is 2.58. The molecule has 0 spiro atoms. The minimum atomic E-state index is 0.783. The molecule has 2 heteroatoms. The first-order valence-electron chi connectivity index (χ1n) is 4.41. The first-order chi connectivity index (χ1) is 5.28. The summed E-state index contributed by atoms with van der Waals surface area (Å²) in [4.78, 5) is 2.08. The molecule has 0 aromatic rings. The molecule has 0 aliphatic heterocycles. The molecule has 0 saturated heterocycles. The van der Waals surface area contributed by atoms with Gasteiger partial charge in [0.15, 0.2) is 0 Å². The molecule has 1 radical (unpaired) electrons. The normalized spacial score (nSPS) is 10.2. The lowest BCUT2D eigenvalue weighted by atomic mass is 10.0. The lowest BCUT2D eigenvalue weighted by Crippen LogP contribution is -2.26. The van der Waals surface area contributed by atoms with Crippen LogP contribution >= 0.6 is 12.2 Å². The monoisotopic (exact) mass is 172 g/mol. The van der Waals surface area contributed by atoms with Crippen molar-refractivity contribution in [3.8, 4) is 0 Å². The average Bonchev–Trinajstić information content (AvgIpc) is 2.07. The van der Waals surface area contributed by atoms with Gasteiger partial charge in [-0.2, -0.15) is 0 Å². The van der Waals surface area contributed by atoms with E-state index >= 15 is 0 Å². The smallest absolute Gasteiger partial charge is 0.136 e. The summed E-state index contributed by atoms with van der Waals surface area (Å²) in [6, 6.07) is 0. The second kappa shape index (κ2) is 6.59. The molecule has 0 N–H and O–H groups in total. The molecule has 1 nitrogen and oxygen atoms in total. The van der Waals surface area contributed by atoms with E-state index in [0.717, 1.165) is 19.0 Å². The van der Waals surface area contributed by atoms with Crippen LogP contribution in [0.3, 0.4) is 0 Å². The highest BCUT2D eigenvalue weighted by molar-refractivity contribution is 7.78. The number of nitrogens with zero attached hydrogens (tertiary/aromatic N) is 1. The van der Waals surface area contributed by atoms with Crippen LogP contribution in [-0.2, 0) is 0 Å². The molecule has 0 saturated carbocycles. The van der Waals surface area contributed by atoms with Gasteiger partial charge in [0.2, 0.25) is 0 Å². The van der Waals surface area contributed by atoms with Gasteiger partial charge in [-0.25, -0.2) is 0 Å². The number of thiocarbonyl (C=S) groups is 1. The Morgan fingerprint density at radius 3 is 2.09 bits per heavy atom. The van der Waals surface area contributed by atoms with Crippen molar-refractivity contribution in [1.82, 2.24) is 4.90 Å². The number of hydrogen-bond acceptors (Lipinski definition) is 1. The highest BCUT2D eigenvalue weighted by Crippen LogP contribution is 2.08. The second-order valence-corrected chi connectivity index (χ2v) is 3.00. The second-order valence-electron chi connectivity index (χ2n) is 2.81. The maximum atomic E-state index is 4.76. The van der Waals surface area contributed by atoms with E-state index in [4.69, 9.17) is 12.2 Å². The average molecular weight is 172 g/mol. The molecule has 0 heterocycles. The van der Waals surface area contributed by atoms with E-state index in [1.54, 1.807) is 0 Å². The zero-order chi connectivity index (χ0) is 8.69. The van der Waals surface area contributed by atoms with Gasteiger partial charge < -0.3 is 4.90 Å². The van der Waals surface area contributed by atoms with Gasteiger partial charge >= 0.3 is 0 Å². The van der Waals surface area contributed by atoms with E-state index in [-0.39, 0.29) is 0 Å². The molecule has 0 fully saturated rings. The zero-order valence-electron chi connectivity index (χ0n) is 7.76. The lowest BCUT2D eigenvalue weighted by Gasteiger charge is -2.21. The zero-order valence-corrected chi connectivity index (χ0v) is 8.58. The third-order valence-electron chi connectivity index (χ3n) is 2.14. The van der Waals surface area contributed by atoms with E-state index in [9.17, 15) is 0 Å². The van der Waals surface area contributed by atoms with E-state index in [1.807, 2.05) is 0 Å². The Morgan fingerprint density at radius 1 is 1.27 bits per heavy atom. The van der Waals surface area contributed by atoms with Gasteiger partial charge in [-0.3, -0.25) is 0 Å². The molecule has 0 rings (SSSR count). The summed E-state index contributed by atoms with van der Waals surface area (Å²) >= 11 is 4.76. The molecule has 0 aliphatic rings. The molecule has 0 atom stereocenters. The van der Waals surface area contributed by atoms with Crippen LogP contribution in [0.15, 0.2) is 0 Å². The molecule has 11 heavy (non-hydrogen) atoms. The van der Waals surface area contributed by atoms with Crippen LogP contribution < -0.4 is 0 Å². The Hall–Kier alpha value is -0.110. The van der Waals surface area contributed by atoms with Gasteiger partial charge in [0.25, 0.3) is 0 Å². The maximum Gasteiger partial charge on any atom is 0.136 e. The van der Waals surface area contributed by atoms with Crippen LogP contribution in [0.2, 0.25) is 0 Å². The van der Waals surface area contributed by atoms with Gasteiger partial charge in [-0.05, 0) is 12.8 Å². The van der Waals surface area contributed by atoms with Crippen LogP contribution in [0.1, 0.15) is 33.6 Å². The van der Waals surface area contributed by atoms with Crippen LogP contribution in [0, 0.1) is 5.92 Å². The van der Waals surface area contributed by atoms with E-state index in [2.05, 4.69) is 31.2 Å².